The minimum absolute atomic E-state index is 0.0167. The van der Waals surface area contributed by atoms with Crippen molar-refractivity contribution in [2.75, 3.05) is 13.1 Å². The Morgan fingerprint density at radius 3 is 1.91 bits per heavy atom. The van der Waals surface area contributed by atoms with Gasteiger partial charge in [-0.1, -0.05) is 67.6 Å². The first kappa shape index (κ1) is 15.8. The molecule has 0 aliphatic carbocycles. The van der Waals surface area contributed by atoms with Gasteiger partial charge in [0.1, 0.15) is 0 Å². The monoisotopic (exact) mass is 308 g/mol. The number of amides is 1. The molecule has 0 saturated carbocycles. The summed E-state index contributed by atoms with van der Waals surface area (Å²) in [7, 11) is 0. The Morgan fingerprint density at radius 2 is 1.52 bits per heavy atom. The largest absolute Gasteiger partial charge is 0.343 e. The predicted octanol–water partition coefficient (Wildman–Crippen LogP) is 2.92. The van der Waals surface area contributed by atoms with E-state index in [1.807, 2.05) is 43.3 Å². The molecule has 120 valence electrons. The SMILES string of the molecule is CC(C(=O)NC(C)(c1ccccc1)c1ccccc1)C1CNC1. The molecule has 3 heteroatoms. The summed E-state index contributed by atoms with van der Waals surface area (Å²) in [5.74, 6) is 0.570. The Hall–Kier alpha value is -2.13. The Balaban J connectivity index is 1.91. The van der Waals surface area contributed by atoms with Crippen molar-refractivity contribution in [1.82, 2.24) is 10.6 Å². The highest BCUT2D eigenvalue weighted by Gasteiger charge is 2.35. The molecule has 1 amide bonds. The van der Waals surface area contributed by atoms with Crippen molar-refractivity contribution < 1.29 is 4.79 Å². The zero-order valence-electron chi connectivity index (χ0n) is 13.8. The van der Waals surface area contributed by atoms with E-state index in [2.05, 4.69) is 41.8 Å². The molecule has 0 aromatic heterocycles. The van der Waals surface area contributed by atoms with Crippen LogP contribution in [0, 0.1) is 11.8 Å². The van der Waals surface area contributed by atoms with Crippen LogP contribution in [0.15, 0.2) is 60.7 Å². The maximum absolute atomic E-state index is 12.8. The molecule has 1 aliphatic heterocycles. The molecule has 1 aliphatic rings. The number of hydrogen-bond donors (Lipinski definition) is 2. The van der Waals surface area contributed by atoms with Crippen molar-refractivity contribution in [1.29, 1.82) is 0 Å². The molecular formula is C20H24N2O. The molecule has 3 nitrogen and oxygen atoms in total. The second-order valence-corrected chi connectivity index (χ2v) is 6.55. The summed E-state index contributed by atoms with van der Waals surface area (Å²) in [6, 6.07) is 20.4. The fraction of sp³-hybridized carbons (Fsp3) is 0.350. The Labute approximate surface area is 138 Å². The first-order chi connectivity index (χ1) is 11.1. The zero-order valence-corrected chi connectivity index (χ0v) is 13.8. The van der Waals surface area contributed by atoms with Gasteiger partial charge in [0.2, 0.25) is 5.91 Å². The van der Waals surface area contributed by atoms with Gasteiger partial charge in [0.05, 0.1) is 5.54 Å². The molecule has 1 atom stereocenters. The van der Waals surface area contributed by atoms with Gasteiger partial charge in [-0.15, -0.1) is 0 Å². The standard InChI is InChI=1S/C20H24N2O/c1-15(16-13-21-14-16)19(23)22-20(2,17-9-5-3-6-10-17)18-11-7-4-8-12-18/h3-12,15-16,21H,13-14H2,1-2H3,(H,22,23). The van der Waals surface area contributed by atoms with E-state index in [9.17, 15) is 4.79 Å². The number of benzene rings is 2. The molecule has 1 heterocycles. The van der Waals surface area contributed by atoms with Crippen LogP contribution in [0.4, 0.5) is 0 Å². The number of hydrogen-bond acceptors (Lipinski definition) is 2. The highest BCUT2D eigenvalue weighted by molar-refractivity contribution is 5.80. The Kier molecular flexibility index (Phi) is 4.49. The van der Waals surface area contributed by atoms with Gasteiger partial charge in [0, 0.05) is 5.92 Å². The van der Waals surface area contributed by atoms with E-state index >= 15 is 0 Å². The third kappa shape index (κ3) is 3.15. The molecule has 1 fully saturated rings. The normalized spacial score (nSPS) is 16.4. The van der Waals surface area contributed by atoms with Crippen molar-refractivity contribution in [3.8, 4) is 0 Å². The molecular weight excluding hydrogens is 284 g/mol. The van der Waals surface area contributed by atoms with E-state index in [0.29, 0.717) is 5.92 Å². The van der Waals surface area contributed by atoms with Gasteiger partial charge in [0.15, 0.2) is 0 Å². The maximum atomic E-state index is 12.8. The van der Waals surface area contributed by atoms with E-state index < -0.39 is 5.54 Å². The van der Waals surface area contributed by atoms with E-state index in [-0.39, 0.29) is 11.8 Å². The van der Waals surface area contributed by atoms with Crippen molar-refractivity contribution in [3.63, 3.8) is 0 Å². The first-order valence-corrected chi connectivity index (χ1v) is 8.25. The quantitative estimate of drug-likeness (QED) is 0.892. The molecule has 2 N–H and O–H groups in total. The number of nitrogens with one attached hydrogen (secondary N) is 2. The van der Waals surface area contributed by atoms with Crippen molar-refractivity contribution in [2.24, 2.45) is 11.8 Å². The summed E-state index contributed by atoms with van der Waals surface area (Å²) in [4.78, 5) is 12.8. The number of rotatable bonds is 5. The summed E-state index contributed by atoms with van der Waals surface area (Å²) >= 11 is 0. The van der Waals surface area contributed by atoms with Gasteiger partial charge < -0.3 is 10.6 Å². The van der Waals surface area contributed by atoms with Crippen LogP contribution in [-0.4, -0.2) is 19.0 Å². The van der Waals surface area contributed by atoms with Crippen LogP contribution in [-0.2, 0) is 10.3 Å². The van der Waals surface area contributed by atoms with Gasteiger partial charge in [-0.05, 0) is 37.1 Å². The summed E-state index contributed by atoms with van der Waals surface area (Å²) in [5, 5.41) is 6.55. The lowest BCUT2D eigenvalue weighted by Gasteiger charge is -2.37. The summed E-state index contributed by atoms with van der Waals surface area (Å²) in [6.07, 6.45) is 0. The highest BCUT2D eigenvalue weighted by atomic mass is 16.2. The van der Waals surface area contributed by atoms with Crippen LogP contribution in [0.5, 0.6) is 0 Å². The van der Waals surface area contributed by atoms with Gasteiger partial charge >= 0.3 is 0 Å². The minimum Gasteiger partial charge on any atom is -0.343 e. The molecule has 1 saturated heterocycles. The van der Waals surface area contributed by atoms with Crippen LogP contribution in [0.3, 0.4) is 0 Å². The van der Waals surface area contributed by atoms with Crippen LogP contribution >= 0.6 is 0 Å². The molecule has 2 aromatic rings. The zero-order chi connectivity index (χ0) is 16.3. The van der Waals surface area contributed by atoms with E-state index in [1.54, 1.807) is 0 Å². The van der Waals surface area contributed by atoms with Gasteiger partial charge in [-0.2, -0.15) is 0 Å². The smallest absolute Gasteiger partial charge is 0.224 e. The van der Waals surface area contributed by atoms with Crippen molar-refractivity contribution in [2.45, 2.75) is 19.4 Å². The summed E-state index contributed by atoms with van der Waals surface area (Å²) < 4.78 is 0. The van der Waals surface area contributed by atoms with Crippen LogP contribution in [0.25, 0.3) is 0 Å². The molecule has 1 unspecified atom stereocenters. The Morgan fingerprint density at radius 1 is 1.04 bits per heavy atom. The van der Waals surface area contributed by atoms with Crippen molar-refractivity contribution in [3.05, 3.63) is 71.8 Å². The van der Waals surface area contributed by atoms with E-state index in [0.717, 1.165) is 24.2 Å². The Bertz CT molecular complexity index is 610. The lowest BCUT2D eigenvalue weighted by molar-refractivity contribution is -0.128. The average molecular weight is 308 g/mol. The molecule has 0 bridgehead atoms. The second-order valence-electron chi connectivity index (χ2n) is 6.55. The average Bonchev–Trinajstić information content (AvgIpc) is 2.54. The molecule has 23 heavy (non-hydrogen) atoms. The fourth-order valence-electron chi connectivity index (χ4n) is 3.09. The van der Waals surface area contributed by atoms with Crippen LogP contribution in [0.1, 0.15) is 25.0 Å². The van der Waals surface area contributed by atoms with Gasteiger partial charge in [-0.3, -0.25) is 4.79 Å². The molecule has 2 aromatic carbocycles. The van der Waals surface area contributed by atoms with Gasteiger partial charge in [-0.25, -0.2) is 0 Å². The third-order valence-electron chi connectivity index (χ3n) is 5.01. The summed E-state index contributed by atoms with van der Waals surface area (Å²) in [5.41, 5.74) is 1.67. The summed E-state index contributed by atoms with van der Waals surface area (Å²) in [6.45, 7) is 5.97. The lowest BCUT2D eigenvalue weighted by atomic mass is 9.82. The van der Waals surface area contributed by atoms with E-state index in [4.69, 9.17) is 0 Å². The number of carbonyl (C=O) groups excluding carboxylic acids is 1. The molecule has 3 rings (SSSR count). The predicted molar refractivity (Wildman–Crippen MR) is 93.0 cm³/mol. The van der Waals surface area contributed by atoms with E-state index in [1.165, 1.54) is 0 Å². The van der Waals surface area contributed by atoms with Crippen LogP contribution < -0.4 is 10.6 Å². The molecule has 0 radical (unpaired) electrons. The van der Waals surface area contributed by atoms with Crippen molar-refractivity contribution >= 4 is 5.91 Å². The lowest BCUT2D eigenvalue weighted by Crippen LogP contribution is -2.53. The molecule has 0 spiro atoms. The maximum Gasteiger partial charge on any atom is 0.224 e. The first-order valence-electron chi connectivity index (χ1n) is 8.25. The van der Waals surface area contributed by atoms with Gasteiger partial charge in [0.25, 0.3) is 0 Å². The number of carbonyl (C=O) groups is 1. The topological polar surface area (TPSA) is 41.1 Å². The third-order valence-corrected chi connectivity index (χ3v) is 5.01. The highest BCUT2D eigenvalue weighted by Crippen LogP contribution is 2.30. The van der Waals surface area contributed by atoms with Crippen LogP contribution in [0.2, 0.25) is 0 Å². The second kappa shape index (κ2) is 6.55. The fourth-order valence-corrected chi connectivity index (χ4v) is 3.09. The minimum atomic E-state index is -0.523.